The first-order valence-corrected chi connectivity index (χ1v) is 10.7. The van der Waals surface area contributed by atoms with Crippen LogP contribution in [0.15, 0.2) is 54.1 Å². The van der Waals surface area contributed by atoms with Crippen molar-refractivity contribution in [1.29, 1.82) is 0 Å². The zero-order valence-electron chi connectivity index (χ0n) is 17.0. The zero-order valence-corrected chi connectivity index (χ0v) is 18.6. The van der Waals surface area contributed by atoms with Gasteiger partial charge in [0.25, 0.3) is 5.78 Å². The molecule has 31 heavy (non-hydrogen) atoms. The first kappa shape index (κ1) is 21.1. The minimum Gasteiger partial charge on any atom is -0.507 e. The molecule has 3 aromatic rings. The molecule has 0 bridgehead atoms. The number of methoxy groups -OCH3 is 1. The van der Waals surface area contributed by atoms with E-state index in [0.29, 0.717) is 27.0 Å². The predicted octanol–water partition coefficient (Wildman–Crippen LogP) is 5.05. The molecule has 6 nitrogen and oxygen atoms in total. The summed E-state index contributed by atoms with van der Waals surface area (Å²) in [6.45, 7) is 3.75. The number of nitrogens with zero attached hydrogens (tertiary/aromatic N) is 2. The number of halogens is 1. The summed E-state index contributed by atoms with van der Waals surface area (Å²) in [5, 5.41) is 11.9. The van der Waals surface area contributed by atoms with Gasteiger partial charge >= 0.3 is 5.91 Å². The molecule has 1 saturated heterocycles. The summed E-state index contributed by atoms with van der Waals surface area (Å²) in [7, 11) is 1.54. The quantitative estimate of drug-likeness (QED) is 0.339. The fourth-order valence-corrected chi connectivity index (χ4v) is 4.62. The number of aryl methyl sites for hydroxylation is 2. The van der Waals surface area contributed by atoms with Crippen molar-refractivity contribution >= 4 is 45.5 Å². The van der Waals surface area contributed by atoms with E-state index in [-0.39, 0.29) is 11.3 Å². The Morgan fingerprint density at radius 1 is 1.16 bits per heavy atom. The second-order valence-electron chi connectivity index (χ2n) is 7.09. The van der Waals surface area contributed by atoms with Gasteiger partial charge in [0.15, 0.2) is 5.13 Å². The van der Waals surface area contributed by atoms with E-state index in [1.165, 1.54) is 23.3 Å². The fraction of sp³-hybridized carbons (Fsp3) is 0.174. The lowest BCUT2D eigenvalue weighted by Crippen LogP contribution is -2.29. The van der Waals surface area contributed by atoms with Crippen molar-refractivity contribution in [3.05, 3.63) is 80.8 Å². The number of hydrogen-bond acceptors (Lipinski definition) is 6. The molecule has 0 saturated carbocycles. The second-order valence-corrected chi connectivity index (χ2v) is 8.71. The molecule has 0 aliphatic carbocycles. The van der Waals surface area contributed by atoms with Crippen LogP contribution in [0.1, 0.15) is 27.7 Å². The van der Waals surface area contributed by atoms with Gasteiger partial charge in [-0.3, -0.25) is 14.5 Å². The number of ether oxygens (including phenoxy) is 1. The standard InChI is InChI=1S/C23H19ClN2O4S/c1-12-13(2)31-23(25-12)26-19(15-5-4-6-16(24)11-15)18(21(28)22(26)29)20(27)14-7-9-17(30-3)10-8-14/h4-11,19,27H,1-3H3/t19-/m1/s1. The van der Waals surface area contributed by atoms with Gasteiger partial charge in [0, 0.05) is 15.5 Å². The number of carbonyl (C=O) groups is 2. The summed E-state index contributed by atoms with van der Waals surface area (Å²) in [5.41, 5.74) is 1.77. The van der Waals surface area contributed by atoms with Gasteiger partial charge < -0.3 is 9.84 Å². The van der Waals surface area contributed by atoms with Gasteiger partial charge in [-0.05, 0) is 55.8 Å². The molecule has 1 aliphatic heterocycles. The minimum absolute atomic E-state index is 0.0112. The van der Waals surface area contributed by atoms with E-state index in [0.717, 1.165) is 10.6 Å². The van der Waals surface area contributed by atoms with E-state index in [4.69, 9.17) is 16.3 Å². The molecular weight excluding hydrogens is 436 g/mol. The van der Waals surface area contributed by atoms with Crippen LogP contribution in [0.25, 0.3) is 5.76 Å². The highest BCUT2D eigenvalue weighted by Gasteiger charge is 2.48. The number of ketones is 1. The average molecular weight is 455 g/mol. The number of thiazole rings is 1. The number of hydrogen-bond donors (Lipinski definition) is 1. The number of carbonyl (C=O) groups excluding carboxylic acids is 2. The number of aliphatic hydroxyl groups is 1. The summed E-state index contributed by atoms with van der Waals surface area (Å²) in [4.78, 5) is 32.9. The second kappa shape index (κ2) is 8.17. The SMILES string of the molecule is COc1ccc(C(O)=C2C(=O)C(=O)N(c3nc(C)c(C)s3)[C@@H]2c2cccc(Cl)c2)cc1. The van der Waals surface area contributed by atoms with E-state index in [1.807, 2.05) is 13.8 Å². The van der Waals surface area contributed by atoms with E-state index in [1.54, 1.807) is 48.5 Å². The highest BCUT2D eigenvalue weighted by Crippen LogP contribution is 2.44. The van der Waals surface area contributed by atoms with Crippen LogP contribution in [-0.2, 0) is 9.59 Å². The van der Waals surface area contributed by atoms with Gasteiger partial charge in [0.05, 0.1) is 24.4 Å². The summed E-state index contributed by atoms with van der Waals surface area (Å²) < 4.78 is 5.16. The Kier molecular flexibility index (Phi) is 5.56. The van der Waals surface area contributed by atoms with E-state index in [2.05, 4.69) is 4.98 Å². The lowest BCUT2D eigenvalue weighted by atomic mass is 9.95. The highest BCUT2D eigenvalue weighted by molar-refractivity contribution is 7.16. The largest absolute Gasteiger partial charge is 0.507 e. The summed E-state index contributed by atoms with van der Waals surface area (Å²) >= 11 is 7.53. The maximum atomic E-state index is 13.1. The van der Waals surface area contributed by atoms with Crippen LogP contribution in [0.4, 0.5) is 5.13 Å². The third kappa shape index (κ3) is 3.71. The molecule has 1 aliphatic rings. The Labute approximate surface area is 188 Å². The Hall–Kier alpha value is -3.16. The number of anilines is 1. The number of benzene rings is 2. The summed E-state index contributed by atoms with van der Waals surface area (Å²) in [6.07, 6.45) is 0. The van der Waals surface area contributed by atoms with Crippen LogP contribution in [0, 0.1) is 13.8 Å². The van der Waals surface area contributed by atoms with Gasteiger partial charge in [-0.1, -0.05) is 23.7 Å². The van der Waals surface area contributed by atoms with Crippen molar-refractivity contribution in [2.45, 2.75) is 19.9 Å². The molecule has 8 heteroatoms. The molecule has 1 amide bonds. The average Bonchev–Trinajstić information content (AvgIpc) is 3.23. The zero-order chi connectivity index (χ0) is 22.3. The van der Waals surface area contributed by atoms with Crippen LogP contribution in [-0.4, -0.2) is 28.9 Å². The molecule has 1 N–H and O–H groups in total. The van der Waals surface area contributed by atoms with Crippen LogP contribution in [0.3, 0.4) is 0 Å². The lowest BCUT2D eigenvalue weighted by Gasteiger charge is -2.23. The monoisotopic (exact) mass is 454 g/mol. The van der Waals surface area contributed by atoms with Crippen molar-refractivity contribution in [3.8, 4) is 5.75 Å². The normalized spacial score (nSPS) is 17.9. The van der Waals surface area contributed by atoms with Crippen LogP contribution >= 0.6 is 22.9 Å². The molecule has 0 radical (unpaired) electrons. The van der Waals surface area contributed by atoms with E-state index in [9.17, 15) is 14.7 Å². The van der Waals surface area contributed by atoms with Gasteiger partial charge in [-0.2, -0.15) is 0 Å². The number of aliphatic hydroxyl groups excluding tert-OH is 1. The minimum atomic E-state index is -0.856. The third-order valence-corrected chi connectivity index (χ3v) is 6.50. The van der Waals surface area contributed by atoms with Crippen LogP contribution < -0.4 is 9.64 Å². The van der Waals surface area contributed by atoms with E-state index >= 15 is 0 Å². The van der Waals surface area contributed by atoms with Crippen molar-refractivity contribution in [2.24, 2.45) is 0 Å². The van der Waals surface area contributed by atoms with Crippen molar-refractivity contribution in [3.63, 3.8) is 0 Å². The van der Waals surface area contributed by atoms with Crippen LogP contribution in [0.2, 0.25) is 5.02 Å². The van der Waals surface area contributed by atoms with Crippen LogP contribution in [0.5, 0.6) is 5.75 Å². The molecule has 2 aromatic carbocycles. The van der Waals surface area contributed by atoms with Gasteiger partial charge in [0.2, 0.25) is 0 Å². The predicted molar refractivity (Wildman–Crippen MR) is 121 cm³/mol. The van der Waals surface area contributed by atoms with Crippen molar-refractivity contribution < 1.29 is 19.4 Å². The lowest BCUT2D eigenvalue weighted by molar-refractivity contribution is -0.132. The molecule has 0 spiro atoms. The smallest absolute Gasteiger partial charge is 0.301 e. The number of amides is 1. The fourth-order valence-electron chi connectivity index (χ4n) is 3.49. The Balaban J connectivity index is 1.93. The van der Waals surface area contributed by atoms with Crippen molar-refractivity contribution in [1.82, 2.24) is 4.98 Å². The van der Waals surface area contributed by atoms with E-state index < -0.39 is 17.7 Å². The number of rotatable bonds is 4. The number of aromatic nitrogens is 1. The highest BCUT2D eigenvalue weighted by atomic mass is 35.5. The molecule has 1 aromatic heterocycles. The molecule has 158 valence electrons. The molecule has 0 unspecified atom stereocenters. The van der Waals surface area contributed by atoms with Gasteiger partial charge in [-0.25, -0.2) is 4.98 Å². The summed E-state index contributed by atoms with van der Waals surface area (Å²) in [5.74, 6) is -1.17. The third-order valence-electron chi connectivity index (χ3n) is 5.20. The maximum Gasteiger partial charge on any atom is 0.301 e. The summed E-state index contributed by atoms with van der Waals surface area (Å²) in [6, 6.07) is 12.7. The Bertz CT molecular complexity index is 1200. The number of Topliss-reactive ketones (excluding diaryl/α,β-unsaturated/α-hetero) is 1. The molecule has 1 fully saturated rings. The Morgan fingerprint density at radius 3 is 2.45 bits per heavy atom. The first-order chi connectivity index (χ1) is 14.8. The van der Waals surface area contributed by atoms with Gasteiger partial charge in [0.1, 0.15) is 11.5 Å². The van der Waals surface area contributed by atoms with Gasteiger partial charge in [-0.15, -0.1) is 11.3 Å². The Morgan fingerprint density at radius 2 is 1.87 bits per heavy atom. The molecular formula is C23H19ClN2O4S. The van der Waals surface area contributed by atoms with Crippen molar-refractivity contribution in [2.75, 3.05) is 12.0 Å². The molecule has 2 heterocycles. The first-order valence-electron chi connectivity index (χ1n) is 9.46. The maximum absolute atomic E-state index is 13.1. The molecule has 4 rings (SSSR count). The topological polar surface area (TPSA) is 79.7 Å². The molecule has 1 atom stereocenters.